The van der Waals surface area contributed by atoms with E-state index in [1.807, 2.05) is 0 Å². The normalized spacial score (nSPS) is 12.5. The summed E-state index contributed by atoms with van der Waals surface area (Å²) in [5.41, 5.74) is 4.43. The van der Waals surface area contributed by atoms with Crippen molar-refractivity contribution in [3.05, 3.63) is 48.3 Å². The Labute approximate surface area is 121 Å². The Bertz CT molecular complexity index is 577. The fraction of sp³-hybridized carbons (Fsp3) is 0.412. The molecule has 3 nitrogen and oxygen atoms in total. The fourth-order valence-electron chi connectivity index (χ4n) is 2.29. The quantitative estimate of drug-likeness (QED) is 0.771. The van der Waals surface area contributed by atoms with Crippen molar-refractivity contribution >= 4 is 11.0 Å². The van der Waals surface area contributed by atoms with Crippen molar-refractivity contribution in [2.24, 2.45) is 0 Å². The van der Waals surface area contributed by atoms with E-state index in [0.717, 1.165) is 36.8 Å². The van der Waals surface area contributed by atoms with Crippen LogP contribution in [0.2, 0.25) is 0 Å². The van der Waals surface area contributed by atoms with E-state index in [1.165, 1.54) is 11.1 Å². The van der Waals surface area contributed by atoms with Crippen molar-refractivity contribution in [2.75, 3.05) is 6.54 Å². The second kappa shape index (κ2) is 7.15. The van der Waals surface area contributed by atoms with Crippen molar-refractivity contribution in [2.45, 2.75) is 39.2 Å². The summed E-state index contributed by atoms with van der Waals surface area (Å²) in [6.07, 6.45) is 6.72. The van der Waals surface area contributed by atoms with Gasteiger partial charge in [-0.3, -0.25) is 9.97 Å². The molecule has 0 aliphatic heterocycles. The third-order valence-corrected chi connectivity index (χ3v) is 3.40. The molecule has 1 N–H and O–H groups in total. The molecule has 3 heteroatoms. The molecule has 0 spiro atoms. The van der Waals surface area contributed by atoms with Crippen LogP contribution in [0, 0.1) is 0 Å². The number of allylic oxidation sites excluding steroid dienone is 1. The van der Waals surface area contributed by atoms with Crippen molar-refractivity contribution in [1.82, 2.24) is 15.3 Å². The molecular weight excluding hydrogens is 246 g/mol. The summed E-state index contributed by atoms with van der Waals surface area (Å²) in [6.45, 7) is 9.30. The monoisotopic (exact) mass is 269 g/mol. The van der Waals surface area contributed by atoms with Gasteiger partial charge in [0.1, 0.15) is 0 Å². The summed E-state index contributed by atoms with van der Waals surface area (Å²) < 4.78 is 0. The first-order chi connectivity index (χ1) is 9.70. The first-order valence-corrected chi connectivity index (χ1v) is 7.29. The molecule has 0 aliphatic rings. The van der Waals surface area contributed by atoms with Crippen LogP contribution in [-0.2, 0) is 0 Å². The van der Waals surface area contributed by atoms with Gasteiger partial charge in [0.15, 0.2) is 0 Å². The standard InChI is InChI=1S/C17H23N3/c1-4-9-18-15(7-5-13(2)3)14-6-8-16-17(12-14)20-11-10-19-16/h6,8,10-12,15,18H,2,4-5,7,9H2,1,3H3. The lowest BCUT2D eigenvalue weighted by Gasteiger charge is -2.19. The lowest BCUT2D eigenvalue weighted by Crippen LogP contribution is -2.22. The zero-order valence-electron chi connectivity index (χ0n) is 12.4. The molecule has 1 unspecified atom stereocenters. The van der Waals surface area contributed by atoms with Gasteiger partial charge in [0, 0.05) is 18.4 Å². The number of hydrogen-bond acceptors (Lipinski definition) is 3. The number of benzene rings is 1. The van der Waals surface area contributed by atoms with Gasteiger partial charge in [-0.25, -0.2) is 0 Å². The SMILES string of the molecule is C=C(C)CCC(NCCC)c1ccc2nccnc2c1. The van der Waals surface area contributed by atoms with Gasteiger partial charge in [-0.15, -0.1) is 6.58 Å². The summed E-state index contributed by atoms with van der Waals surface area (Å²) in [6, 6.07) is 6.72. The zero-order valence-corrected chi connectivity index (χ0v) is 12.4. The fourth-order valence-corrected chi connectivity index (χ4v) is 2.29. The number of nitrogens with zero attached hydrogens (tertiary/aromatic N) is 2. The molecule has 0 saturated heterocycles. The minimum Gasteiger partial charge on any atom is -0.310 e. The minimum absolute atomic E-state index is 0.359. The number of aromatic nitrogens is 2. The molecule has 0 bridgehead atoms. The van der Waals surface area contributed by atoms with Gasteiger partial charge in [-0.2, -0.15) is 0 Å². The average molecular weight is 269 g/mol. The maximum Gasteiger partial charge on any atom is 0.0890 e. The third kappa shape index (κ3) is 3.87. The minimum atomic E-state index is 0.359. The summed E-state index contributed by atoms with van der Waals surface area (Å²) in [4.78, 5) is 8.71. The smallest absolute Gasteiger partial charge is 0.0890 e. The van der Waals surface area contributed by atoms with Crippen LogP contribution < -0.4 is 5.32 Å². The van der Waals surface area contributed by atoms with E-state index in [4.69, 9.17) is 0 Å². The predicted molar refractivity (Wildman–Crippen MR) is 84.6 cm³/mol. The summed E-state index contributed by atoms with van der Waals surface area (Å²) >= 11 is 0. The van der Waals surface area contributed by atoms with Gasteiger partial charge in [0.05, 0.1) is 11.0 Å². The van der Waals surface area contributed by atoms with Crippen molar-refractivity contribution in [1.29, 1.82) is 0 Å². The summed E-state index contributed by atoms with van der Waals surface area (Å²) in [5, 5.41) is 3.62. The van der Waals surface area contributed by atoms with E-state index in [-0.39, 0.29) is 0 Å². The molecule has 1 aromatic carbocycles. The molecule has 0 amide bonds. The van der Waals surface area contributed by atoms with Gasteiger partial charge < -0.3 is 5.32 Å². The molecule has 0 fully saturated rings. The molecule has 1 aromatic heterocycles. The molecule has 0 saturated carbocycles. The Balaban J connectivity index is 2.21. The van der Waals surface area contributed by atoms with E-state index < -0.39 is 0 Å². The topological polar surface area (TPSA) is 37.8 Å². The van der Waals surface area contributed by atoms with Crippen LogP contribution in [-0.4, -0.2) is 16.5 Å². The van der Waals surface area contributed by atoms with Crippen LogP contribution >= 0.6 is 0 Å². The first-order valence-electron chi connectivity index (χ1n) is 7.29. The Kier molecular flexibility index (Phi) is 5.24. The molecule has 0 aliphatic carbocycles. The highest BCUT2D eigenvalue weighted by atomic mass is 14.9. The Morgan fingerprint density at radius 2 is 2.00 bits per heavy atom. The van der Waals surface area contributed by atoms with Crippen molar-refractivity contribution in [3.63, 3.8) is 0 Å². The lowest BCUT2D eigenvalue weighted by molar-refractivity contribution is 0.499. The molecule has 1 heterocycles. The number of fused-ring (bicyclic) bond motifs is 1. The van der Waals surface area contributed by atoms with E-state index in [0.29, 0.717) is 6.04 Å². The Morgan fingerprint density at radius 3 is 2.70 bits per heavy atom. The van der Waals surface area contributed by atoms with Gasteiger partial charge in [0.2, 0.25) is 0 Å². The molecule has 0 radical (unpaired) electrons. The van der Waals surface area contributed by atoms with Gasteiger partial charge in [-0.05, 0) is 50.4 Å². The molecule has 2 rings (SSSR count). The van der Waals surface area contributed by atoms with E-state index in [9.17, 15) is 0 Å². The van der Waals surface area contributed by atoms with Crippen LogP contribution in [0.1, 0.15) is 44.7 Å². The van der Waals surface area contributed by atoms with E-state index >= 15 is 0 Å². The maximum atomic E-state index is 4.39. The lowest BCUT2D eigenvalue weighted by atomic mass is 9.99. The molecule has 20 heavy (non-hydrogen) atoms. The van der Waals surface area contributed by atoms with Crippen LogP contribution in [0.25, 0.3) is 11.0 Å². The van der Waals surface area contributed by atoms with E-state index in [1.54, 1.807) is 12.4 Å². The van der Waals surface area contributed by atoms with Crippen molar-refractivity contribution in [3.8, 4) is 0 Å². The average Bonchev–Trinajstić information content (AvgIpc) is 2.46. The largest absolute Gasteiger partial charge is 0.310 e. The second-order valence-corrected chi connectivity index (χ2v) is 5.31. The van der Waals surface area contributed by atoms with Crippen LogP contribution in [0.5, 0.6) is 0 Å². The zero-order chi connectivity index (χ0) is 14.4. The number of nitrogens with one attached hydrogen (secondary N) is 1. The van der Waals surface area contributed by atoms with Crippen molar-refractivity contribution < 1.29 is 0 Å². The van der Waals surface area contributed by atoms with Crippen LogP contribution in [0.15, 0.2) is 42.7 Å². The van der Waals surface area contributed by atoms with Gasteiger partial charge in [0.25, 0.3) is 0 Å². The molecule has 106 valence electrons. The highest BCUT2D eigenvalue weighted by molar-refractivity contribution is 5.74. The molecule has 1 atom stereocenters. The predicted octanol–water partition coefficient (Wildman–Crippen LogP) is 4.03. The van der Waals surface area contributed by atoms with Gasteiger partial charge in [-0.1, -0.05) is 18.6 Å². The second-order valence-electron chi connectivity index (χ2n) is 5.31. The maximum absolute atomic E-state index is 4.39. The summed E-state index contributed by atoms with van der Waals surface area (Å²) in [5.74, 6) is 0. The highest BCUT2D eigenvalue weighted by Crippen LogP contribution is 2.23. The third-order valence-electron chi connectivity index (χ3n) is 3.40. The van der Waals surface area contributed by atoms with Crippen LogP contribution in [0.4, 0.5) is 0 Å². The van der Waals surface area contributed by atoms with Crippen LogP contribution in [0.3, 0.4) is 0 Å². The Hall–Kier alpha value is -1.74. The number of rotatable bonds is 7. The molecular formula is C17H23N3. The summed E-state index contributed by atoms with van der Waals surface area (Å²) in [7, 11) is 0. The van der Waals surface area contributed by atoms with Gasteiger partial charge >= 0.3 is 0 Å². The number of hydrogen-bond donors (Lipinski definition) is 1. The highest BCUT2D eigenvalue weighted by Gasteiger charge is 2.11. The molecule has 2 aromatic rings. The first kappa shape index (κ1) is 14.7. The Morgan fingerprint density at radius 1 is 1.25 bits per heavy atom. The van der Waals surface area contributed by atoms with E-state index in [2.05, 4.69) is 53.9 Å².